The van der Waals surface area contributed by atoms with Crippen molar-refractivity contribution in [1.82, 2.24) is 15.1 Å². The minimum absolute atomic E-state index is 0.184. The Morgan fingerprint density at radius 3 is 2.64 bits per heavy atom. The van der Waals surface area contributed by atoms with Gasteiger partial charge in [0, 0.05) is 11.3 Å². The molecule has 10 heteroatoms. The highest BCUT2D eigenvalue weighted by Crippen LogP contribution is 2.41. The first-order chi connectivity index (χ1) is 11.6. The molecule has 7 nitrogen and oxygen atoms in total. The molecule has 0 radical (unpaired) electrons. The van der Waals surface area contributed by atoms with Gasteiger partial charge in [0.05, 0.1) is 4.86 Å². The van der Waals surface area contributed by atoms with E-state index in [-0.39, 0.29) is 17.0 Å². The fraction of sp³-hybridized carbons (Fsp3) is 0.533. The lowest BCUT2D eigenvalue weighted by atomic mass is 10.0. The van der Waals surface area contributed by atoms with Crippen molar-refractivity contribution in [1.29, 1.82) is 0 Å². The Kier molecular flexibility index (Phi) is 4.73. The van der Waals surface area contributed by atoms with E-state index in [1.54, 1.807) is 20.8 Å². The zero-order valence-corrected chi connectivity index (χ0v) is 16.7. The number of aryl methyl sites for hydroxylation is 1. The number of thiocarbonyl (C=S) groups is 1. The van der Waals surface area contributed by atoms with Crippen LogP contribution in [0.15, 0.2) is 11.3 Å². The maximum Gasteiger partial charge on any atom is 0.355 e. The highest BCUT2D eigenvalue weighted by atomic mass is 32.2. The van der Waals surface area contributed by atoms with E-state index in [0.717, 1.165) is 5.01 Å². The van der Waals surface area contributed by atoms with Crippen LogP contribution < -0.4 is 5.73 Å². The van der Waals surface area contributed by atoms with Crippen LogP contribution in [0.1, 0.15) is 30.8 Å². The molecule has 3 rings (SSSR count). The Bertz CT molecular complexity index is 796. The fourth-order valence-electron chi connectivity index (χ4n) is 2.52. The number of β-lactam (4-membered cyclic amide) rings is 1. The molecule has 0 spiro atoms. The first-order valence-electron chi connectivity index (χ1n) is 7.61. The van der Waals surface area contributed by atoms with Gasteiger partial charge in [-0.15, -0.1) is 22.0 Å². The van der Waals surface area contributed by atoms with E-state index >= 15 is 0 Å². The summed E-state index contributed by atoms with van der Waals surface area (Å²) >= 11 is 8.37. The van der Waals surface area contributed by atoms with Gasteiger partial charge in [-0.1, -0.05) is 23.6 Å². The van der Waals surface area contributed by atoms with E-state index in [4.69, 9.17) is 22.7 Å². The summed E-state index contributed by atoms with van der Waals surface area (Å²) in [5.41, 5.74) is 5.93. The molecule has 2 aliphatic heterocycles. The lowest BCUT2D eigenvalue weighted by Gasteiger charge is -2.48. The smallest absolute Gasteiger partial charge is 0.355 e. The lowest BCUT2D eigenvalue weighted by Crippen LogP contribution is -2.68. The van der Waals surface area contributed by atoms with Crippen molar-refractivity contribution in [3.63, 3.8) is 0 Å². The maximum atomic E-state index is 12.8. The van der Waals surface area contributed by atoms with Crippen molar-refractivity contribution >= 4 is 52.1 Å². The van der Waals surface area contributed by atoms with Crippen LogP contribution in [0.3, 0.4) is 0 Å². The quantitative estimate of drug-likeness (QED) is 0.353. The molecular formula is C15H18N4O3S3. The number of carbonyl (C=O) groups excluding carboxylic acids is 2. The summed E-state index contributed by atoms with van der Waals surface area (Å²) in [6.45, 7) is 7.15. The predicted octanol–water partition coefficient (Wildman–Crippen LogP) is 1.40. The Hall–Kier alpha value is -1.36. The van der Waals surface area contributed by atoms with Crippen LogP contribution in [0, 0.1) is 6.92 Å². The lowest BCUT2D eigenvalue weighted by molar-refractivity contribution is -0.157. The highest BCUT2D eigenvalue weighted by molar-refractivity contribution is 8.00. The number of fused-ring (bicyclic) bond motifs is 1. The van der Waals surface area contributed by atoms with E-state index in [0.29, 0.717) is 21.2 Å². The van der Waals surface area contributed by atoms with E-state index in [9.17, 15) is 9.59 Å². The zero-order valence-electron chi connectivity index (χ0n) is 14.2. The van der Waals surface area contributed by atoms with Crippen LogP contribution in [0.5, 0.6) is 0 Å². The average Bonchev–Trinajstić information content (AvgIpc) is 2.96. The van der Waals surface area contributed by atoms with Gasteiger partial charge in [-0.3, -0.25) is 9.69 Å². The van der Waals surface area contributed by atoms with Gasteiger partial charge in [0.1, 0.15) is 27.7 Å². The van der Waals surface area contributed by atoms with Gasteiger partial charge < -0.3 is 10.5 Å². The van der Waals surface area contributed by atoms with Gasteiger partial charge in [0.15, 0.2) is 5.01 Å². The molecule has 3 heterocycles. The fourth-order valence-corrected chi connectivity index (χ4v) is 4.91. The normalized spacial score (nSPS) is 23.2. The van der Waals surface area contributed by atoms with Gasteiger partial charge in [-0.05, 0) is 27.7 Å². The van der Waals surface area contributed by atoms with Gasteiger partial charge in [-0.2, -0.15) is 0 Å². The summed E-state index contributed by atoms with van der Waals surface area (Å²) in [7, 11) is 0. The number of aromatic nitrogens is 2. The summed E-state index contributed by atoms with van der Waals surface area (Å²) in [6.07, 6.45) is 0. The van der Waals surface area contributed by atoms with E-state index in [1.807, 2.05) is 6.92 Å². The van der Waals surface area contributed by atoms with Crippen molar-refractivity contribution in [2.75, 3.05) is 5.75 Å². The number of nitrogens with two attached hydrogens (primary N) is 1. The van der Waals surface area contributed by atoms with Gasteiger partial charge in [-0.25, -0.2) is 4.79 Å². The molecular weight excluding hydrogens is 380 g/mol. The second-order valence-electron chi connectivity index (χ2n) is 6.72. The van der Waals surface area contributed by atoms with E-state index < -0.39 is 17.6 Å². The molecule has 2 aliphatic rings. The maximum absolute atomic E-state index is 12.8. The Labute approximate surface area is 159 Å². The Morgan fingerprint density at radius 2 is 2.08 bits per heavy atom. The number of nitrogens with zero attached hydrogens (tertiary/aromatic N) is 3. The minimum atomic E-state index is -0.688. The van der Waals surface area contributed by atoms with Crippen molar-refractivity contribution in [3.05, 3.63) is 21.3 Å². The summed E-state index contributed by atoms with van der Waals surface area (Å²) in [5.74, 6) is -0.405. The monoisotopic (exact) mass is 398 g/mol. The first-order valence-corrected chi connectivity index (χ1v) is 9.89. The summed E-state index contributed by atoms with van der Waals surface area (Å²) < 4.78 is 5.50. The van der Waals surface area contributed by atoms with E-state index in [1.165, 1.54) is 28.0 Å². The highest BCUT2D eigenvalue weighted by Gasteiger charge is 2.53. The average molecular weight is 399 g/mol. The third-order valence-corrected chi connectivity index (χ3v) is 6.32. The number of hydrogen-bond acceptors (Lipinski definition) is 9. The third kappa shape index (κ3) is 3.35. The number of esters is 1. The Morgan fingerprint density at radius 1 is 1.40 bits per heavy atom. The number of thioether (sulfide) groups is 1. The minimum Gasteiger partial charge on any atom is -0.455 e. The largest absolute Gasteiger partial charge is 0.455 e. The van der Waals surface area contributed by atoms with Crippen molar-refractivity contribution < 1.29 is 14.3 Å². The number of hydrogen-bond donors (Lipinski definition) is 1. The molecule has 1 aromatic heterocycles. The van der Waals surface area contributed by atoms with Crippen LogP contribution in [0.2, 0.25) is 0 Å². The molecule has 1 aromatic rings. The predicted molar refractivity (Wildman–Crippen MR) is 100 cm³/mol. The molecule has 1 amide bonds. The molecule has 0 aromatic carbocycles. The number of carbonyl (C=O) groups is 2. The van der Waals surface area contributed by atoms with Crippen LogP contribution in [0.25, 0.3) is 0 Å². The number of rotatable bonds is 3. The molecule has 0 aliphatic carbocycles. The van der Waals surface area contributed by atoms with Crippen molar-refractivity contribution in [2.24, 2.45) is 5.73 Å². The molecule has 1 saturated heterocycles. The van der Waals surface area contributed by atoms with Gasteiger partial charge in [0.25, 0.3) is 0 Å². The topological polar surface area (TPSA) is 98.4 Å². The molecule has 1 fully saturated rings. The SMILES string of the molecule is Cc1nnc(C(=S)C2=C(C(=O)OC(C)(C)C)N3C(=O)C(N)[C@@H]3SC2)s1. The summed E-state index contributed by atoms with van der Waals surface area (Å²) in [5, 5.41) is 9.10. The number of amides is 1. The second kappa shape index (κ2) is 6.42. The molecule has 0 saturated carbocycles. The van der Waals surface area contributed by atoms with Crippen LogP contribution >= 0.6 is 35.3 Å². The molecule has 2 N–H and O–H groups in total. The van der Waals surface area contributed by atoms with E-state index in [2.05, 4.69) is 10.2 Å². The molecule has 2 atom stereocenters. The Balaban J connectivity index is 2.04. The summed E-state index contributed by atoms with van der Waals surface area (Å²) in [6, 6.07) is -0.610. The van der Waals surface area contributed by atoms with Crippen LogP contribution in [-0.4, -0.2) is 54.6 Å². The van der Waals surface area contributed by atoms with Gasteiger partial charge in [0.2, 0.25) is 5.91 Å². The van der Waals surface area contributed by atoms with Crippen molar-refractivity contribution in [2.45, 2.75) is 44.7 Å². The number of ether oxygens (including phenoxy) is 1. The van der Waals surface area contributed by atoms with Gasteiger partial charge >= 0.3 is 5.97 Å². The molecule has 0 bridgehead atoms. The molecule has 25 heavy (non-hydrogen) atoms. The van der Waals surface area contributed by atoms with Crippen molar-refractivity contribution in [3.8, 4) is 0 Å². The summed E-state index contributed by atoms with van der Waals surface area (Å²) in [4.78, 5) is 26.9. The zero-order chi connectivity index (χ0) is 18.5. The second-order valence-corrected chi connectivity index (χ2v) is 9.41. The molecule has 1 unspecified atom stereocenters. The van der Waals surface area contributed by atoms with Crippen LogP contribution in [0.4, 0.5) is 0 Å². The standard InChI is InChI=1S/C15H18N4O3S3/c1-6-17-18-11(25-6)10(23)7-5-24-13-8(16)12(20)19(13)9(7)14(21)22-15(2,3)4/h8,13H,5,16H2,1-4H3/t8?,13-/m0/s1. The molecule has 134 valence electrons. The third-order valence-electron chi connectivity index (χ3n) is 3.60. The van der Waals surface area contributed by atoms with Crippen LogP contribution in [-0.2, 0) is 14.3 Å². The first kappa shape index (κ1) is 18.4.